The van der Waals surface area contributed by atoms with Gasteiger partial charge < -0.3 is 5.32 Å². The lowest BCUT2D eigenvalue weighted by molar-refractivity contribution is -0.384. The largest absolute Gasteiger partial charge is 0.381 e. The van der Waals surface area contributed by atoms with Gasteiger partial charge in [-0.25, -0.2) is 0 Å². The minimum absolute atomic E-state index is 0.0893. The Labute approximate surface area is 123 Å². The molecule has 20 heavy (non-hydrogen) atoms. The standard InChI is InChI=1S/C15H19ClN2O2/c16-14-7-6-13(18(19)20)9-15(14)17-12-3-1-2-11(8-12)10-4-5-10/h6-7,9-12,17H,1-5,8H2. The van der Waals surface area contributed by atoms with Crippen molar-refractivity contribution in [2.75, 3.05) is 5.32 Å². The van der Waals surface area contributed by atoms with Crippen LogP contribution in [0.3, 0.4) is 0 Å². The zero-order valence-electron chi connectivity index (χ0n) is 11.3. The molecule has 1 aromatic carbocycles. The van der Waals surface area contributed by atoms with Crippen molar-refractivity contribution in [1.82, 2.24) is 0 Å². The Morgan fingerprint density at radius 3 is 2.70 bits per heavy atom. The van der Waals surface area contributed by atoms with Crippen molar-refractivity contribution in [1.29, 1.82) is 0 Å². The lowest BCUT2D eigenvalue weighted by Crippen LogP contribution is -2.28. The Hall–Kier alpha value is -1.29. The predicted octanol–water partition coefficient (Wildman–Crippen LogP) is 4.63. The van der Waals surface area contributed by atoms with E-state index >= 15 is 0 Å². The number of nitro benzene ring substituents is 1. The lowest BCUT2D eigenvalue weighted by Gasteiger charge is -2.30. The summed E-state index contributed by atoms with van der Waals surface area (Å²) < 4.78 is 0. The van der Waals surface area contributed by atoms with Gasteiger partial charge in [0.15, 0.2) is 0 Å². The Morgan fingerprint density at radius 1 is 1.20 bits per heavy atom. The highest BCUT2D eigenvalue weighted by Gasteiger charge is 2.34. The maximum Gasteiger partial charge on any atom is 0.271 e. The second-order valence-electron chi connectivity index (χ2n) is 6.03. The highest BCUT2D eigenvalue weighted by Crippen LogP contribution is 2.44. The van der Waals surface area contributed by atoms with Crippen LogP contribution in [0, 0.1) is 22.0 Å². The second-order valence-corrected chi connectivity index (χ2v) is 6.43. The predicted molar refractivity (Wildman–Crippen MR) is 80.2 cm³/mol. The maximum atomic E-state index is 10.8. The third-order valence-corrected chi connectivity index (χ3v) is 4.85. The molecule has 2 aliphatic rings. The van der Waals surface area contributed by atoms with Crippen molar-refractivity contribution in [3.05, 3.63) is 33.3 Å². The molecule has 2 unspecified atom stereocenters. The molecule has 0 heterocycles. The molecule has 0 bridgehead atoms. The molecule has 0 aliphatic heterocycles. The number of rotatable bonds is 4. The number of non-ortho nitro benzene ring substituents is 1. The molecule has 0 radical (unpaired) electrons. The Morgan fingerprint density at radius 2 is 2.00 bits per heavy atom. The van der Waals surface area contributed by atoms with E-state index in [0.29, 0.717) is 16.8 Å². The highest BCUT2D eigenvalue weighted by atomic mass is 35.5. The molecule has 5 heteroatoms. The molecular formula is C15H19ClN2O2. The molecule has 3 rings (SSSR count). The van der Waals surface area contributed by atoms with E-state index in [1.807, 2.05) is 0 Å². The van der Waals surface area contributed by atoms with Gasteiger partial charge in [0, 0.05) is 18.2 Å². The molecule has 1 aromatic rings. The number of nitrogens with zero attached hydrogens (tertiary/aromatic N) is 1. The van der Waals surface area contributed by atoms with Gasteiger partial charge in [0.05, 0.1) is 15.6 Å². The van der Waals surface area contributed by atoms with E-state index in [2.05, 4.69) is 5.32 Å². The van der Waals surface area contributed by atoms with Gasteiger partial charge in [-0.15, -0.1) is 0 Å². The van der Waals surface area contributed by atoms with E-state index in [4.69, 9.17) is 11.6 Å². The van der Waals surface area contributed by atoms with Crippen LogP contribution < -0.4 is 5.32 Å². The molecule has 0 saturated heterocycles. The van der Waals surface area contributed by atoms with Crippen molar-refractivity contribution in [2.45, 2.75) is 44.6 Å². The highest BCUT2D eigenvalue weighted by molar-refractivity contribution is 6.33. The summed E-state index contributed by atoms with van der Waals surface area (Å²) >= 11 is 6.15. The molecule has 0 aromatic heterocycles. The molecule has 2 aliphatic carbocycles. The number of nitrogens with one attached hydrogen (secondary N) is 1. The molecule has 2 atom stereocenters. The Bertz CT molecular complexity index is 517. The van der Waals surface area contributed by atoms with Crippen LogP contribution in [0.4, 0.5) is 11.4 Å². The first-order chi connectivity index (χ1) is 9.63. The van der Waals surface area contributed by atoms with Gasteiger partial charge in [-0.3, -0.25) is 10.1 Å². The summed E-state index contributed by atoms with van der Waals surface area (Å²) in [6.45, 7) is 0. The lowest BCUT2D eigenvalue weighted by atomic mass is 9.82. The van der Waals surface area contributed by atoms with E-state index in [0.717, 1.165) is 18.3 Å². The molecule has 1 N–H and O–H groups in total. The zero-order chi connectivity index (χ0) is 14.1. The van der Waals surface area contributed by atoms with Gasteiger partial charge in [0.25, 0.3) is 5.69 Å². The summed E-state index contributed by atoms with van der Waals surface area (Å²) in [7, 11) is 0. The average Bonchev–Trinajstić information content (AvgIpc) is 3.26. The van der Waals surface area contributed by atoms with Gasteiger partial charge >= 0.3 is 0 Å². The molecule has 4 nitrogen and oxygen atoms in total. The van der Waals surface area contributed by atoms with Crippen LogP contribution in [-0.4, -0.2) is 11.0 Å². The first kappa shape index (κ1) is 13.7. The van der Waals surface area contributed by atoms with Crippen molar-refractivity contribution in [3.8, 4) is 0 Å². The van der Waals surface area contributed by atoms with Gasteiger partial charge in [-0.05, 0) is 43.6 Å². The van der Waals surface area contributed by atoms with Crippen molar-refractivity contribution < 1.29 is 4.92 Å². The van der Waals surface area contributed by atoms with E-state index in [-0.39, 0.29) is 10.6 Å². The summed E-state index contributed by atoms with van der Waals surface area (Å²) in [6.07, 6.45) is 7.65. The molecule has 0 amide bonds. The zero-order valence-corrected chi connectivity index (χ0v) is 12.1. The molecule has 2 fully saturated rings. The summed E-state index contributed by atoms with van der Waals surface area (Å²) in [4.78, 5) is 10.5. The molecule has 0 spiro atoms. The molecule has 108 valence electrons. The van der Waals surface area contributed by atoms with E-state index in [1.54, 1.807) is 12.1 Å². The summed E-state index contributed by atoms with van der Waals surface area (Å²) in [5, 5.41) is 14.8. The smallest absolute Gasteiger partial charge is 0.271 e. The van der Waals surface area contributed by atoms with Gasteiger partial charge in [0.1, 0.15) is 0 Å². The van der Waals surface area contributed by atoms with Crippen LogP contribution in [0.25, 0.3) is 0 Å². The quantitative estimate of drug-likeness (QED) is 0.650. The number of hydrogen-bond donors (Lipinski definition) is 1. The first-order valence-electron chi connectivity index (χ1n) is 7.34. The fraction of sp³-hybridized carbons (Fsp3) is 0.600. The van der Waals surface area contributed by atoms with Gasteiger partial charge in [-0.1, -0.05) is 24.4 Å². The van der Waals surface area contributed by atoms with Crippen LogP contribution in [0.1, 0.15) is 38.5 Å². The third-order valence-electron chi connectivity index (χ3n) is 4.52. The number of benzene rings is 1. The number of hydrogen-bond acceptors (Lipinski definition) is 3. The number of nitro groups is 1. The van der Waals surface area contributed by atoms with Crippen molar-refractivity contribution in [2.24, 2.45) is 11.8 Å². The second kappa shape index (κ2) is 5.60. The van der Waals surface area contributed by atoms with Gasteiger partial charge in [0.2, 0.25) is 0 Å². The minimum Gasteiger partial charge on any atom is -0.381 e. The molecular weight excluding hydrogens is 276 g/mol. The normalized spacial score (nSPS) is 26.2. The van der Waals surface area contributed by atoms with Crippen LogP contribution in [0.15, 0.2) is 18.2 Å². The Kier molecular flexibility index (Phi) is 3.83. The average molecular weight is 295 g/mol. The molecule has 2 saturated carbocycles. The minimum atomic E-state index is -0.380. The van der Waals surface area contributed by atoms with Crippen LogP contribution in [0.2, 0.25) is 5.02 Å². The summed E-state index contributed by atoms with van der Waals surface area (Å²) in [5.41, 5.74) is 0.786. The Balaban J connectivity index is 1.69. The van der Waals surface area contributed by atoms with Crippen LogP contribution >= 0.6 is 11.6 Å². The first-order valence-corrected chi connectivity index (χ1v) is 7.72. The van der Waals surface area contributed by atoms with Crippen molar-refractivity contribution >= 4 is 23.0 Å². The topological polar surface area (TPSA) is 55.2 Å². The summed E-state index contributed by atoms with van der Waals surface area (Å²) in [5.74, 6) is 1.76. The van der Waals surface area contributed by atoms with E-state index in [1.165, 1.54) is 38.2 Å². The third kappa shape index (κ3) is 3.06. The van der Waals surface area contributed by atoms with E-state index < -0.39 is 0 Å². The number of anilines is 1. The summed E-state index contributed by atoms with van der Waals surface area (Å²) in [6, 6.07) is 4.99. The maximum absolute atomic E-state index is 10.8. The van der Waals surface area contributed by atoms with E-state index in [9.17, 15) is 10.1 Å². The van der Waals surface area contributed by atoms with Gasteiger partial charge in [-0.2, -0.15) is 0 Å². The fourth-order valence-corrected chi connectivity index (χ4v) is 3.48. The SMILES string of the molecule is O=[N+]([O-])c1ccc(Cl)c(NC2CCCC(C3CC3)C2)c1. The number of halogens is 1. The fourth-order valence-electron chi connectivity index (χ4n) is 3.31. The van der Waals surface area contributed by atoms with Crippen LogP contribution in [0.5, 0.6) is 0 Å². The monoisotopic (exact) mass is 294 g/mol. The van der Waals surface area contributed by atoms with Crippen LogP contribution in [-0.2, 0) is 0 Å². The van der Waals surface area contributed by atoms with Crippen molar-refractivity contribution in [3.63, 3.8) is 0 Å².